The molecule has 5 rings (SSSR count). The maximum Gasteiger partial charge on any atom is 0.119 e. The van der Waals surface area contributed by atoms with Crippen molar-refractivity contribution in [2.45, 2.75) is 78.1 Å². The summed E-state index contributed by atoms with van der Waals surface area (Å²) in [7, 11) is 3.47. The summed E-state index contributed by atoms with van der Waals surface area (Å²) in [5.41, 5.74) is 11.5. The summed E-state index contributed by atoms with van der Waals surface area (Å²) >= 11 is 7.13. The molecule has 0 saturated heterocycles. The first-order chi connectivity index (χ1) is 19.6. The molecule has 1 aliphatic heterocycles. The molecular weight excluding hydrogens is 526 g/mol. The van der Waals surface area contributed by atoms with Crippen LogP contribution in [0.15, 0.2) is 88.2 Å². The van der Waals surface area contributed by atoms with Crippen LogP contribution in [0, 0.1) is 0 Å². The molecule has 4 heteroatoms. The number of likely N-dealkylation sites (N-methyl/N-ethyl adjacent to an activating group) is 1. The molecule has 0 atom stereocenters. The Hall–Kier alpha value is -3.17. The van der Waals surface area contributed by atoms with Crippen molar-refractivity contribution in [1.82, 2.24) is 0 Å². The van der Waals surface area contributed by atoms with E-state index < -0.39 is 0 Å². The van der Waals surface area contributed by atoms with Gasteiger partial charge in [-0.3, -0.25) is 0 Å². The molecule has 0 amide bonds. The lowest BCUT2D eigenvalue weighted by molar-refractivity contribution is 0.413. The highest BCUT2D eigenvalue weighted by Gasteiger charge is 2.40. The zero-order chi connectivity index (χ0) is 29.5. The van der Waals surface area contributed by atoms with Gasteiger partial charge in [0.15, 0.2) is 0 Å². The minimum absolute atomic E-state index is 0.0914. The average Bonchev–Trinajstić information content (AvgIpc) is 3.32. The van der Waals surface area contributed by atoms with E-state index in [9.17, 15) is 0 Å². The number of halogens is 1. The lowest BCUT2D eigenvalue weighted by atomic mass is 9.80. The lowest BCUT2D eigenvalue weighted by Gasteiger charge is -2.26. The van der Waals surface area contributed by atoms with Crippen molar-refractivity contribution in [3.8, 4) is 11.5 Å². The number of hydrogen-bond donors (Lipinski definition) is 0. The lowest BCUT2D eigenvalue weighted by Crippen LogP contribution is -2.25. The molecule has 2 aromatic rings. The van der Waals surface area contributed by atoms with Gasteiger partial charge in [0, 0.05) is 33.8 Å². The maximum atomic E-state index is 7.13. The maximum absolute atomic E-state index is 7.13. The molecule has 41 heavy (non-hydrogen) atoms. The van der Waals surface area contributed by atoms with Gasteiger partial charge in [0.2, 0.25) is 0 Å². The van der Waals surface area contributed by atoms with Crippen molar-refractivity contribution in [2.75, 3.05) is 25.7 Å². The predicted molar refractivity (Wildman–Crippen MR) is 174 cm³/mol. The van der Waals surface area contributed by atoms with Crippen LogP contribution in [0.5, 0.6) is 11.5 Å². The van der Waals surface area contributed by atoms with E-state index in [1.807, 2.05) is 0 Å². The first-order valence-electron chi connectivity index (χ1n) is 14.9. The second-order valence-electron chi connectivity index (χ2n) is 12.3. The number of methoxy groups -OCH3 is 2. The van der Waals surface area contributed by atoms with Crippen molar-refractivity contribution in [2.24, 2.45) is 0 Å². The van der Waals surface area contributed by atoms with E-state index in [4.69, 9.17) is 21.1 Å². The fourth-order valence-corrected chi connectivity index (χ4v) is 7.30. The summed E-state index contributed by atoms with van der Waals surface area (Å²) < 4.78 is 11.1. The third kappa shape index (κ3) is 4.97. The van der Waals surface area contributed by atoms with Crippen LogP contribution in [0.2, 0.25) is 0 Å². The Labute approximate surface area is 251 Å². The number of fused-ring (bicyclic) bond motifs is 2. The van der Waals surface area contributed by atoms with Crippen LogP contribution in [0.25, 0.3) is 5.57 Å². The number of benzene rings is 2. The van der Waals surface area contributed by atoms with Gasteiger partial charge in [-0.1, -0.05) is 70.5 Å². The van der Waals surface area contributed by atoms with Gasteiger partial charge in [0.25, 0.3) is 0 Å². The Kier molecular flexibility index (Phi) is 8.05. The van der Waals surface area contributed by atoms with Crippen LogP contribution >= 0.6 is 11.6 Å². The monoisotopic (exact) mass is 569 g/mol. The summed E-state index contributed by atoms with van der Waals surface area (Å²) in [5.74, 6) is 1.81. The summed E-state index contributed by atoms with van der Waals surface area (Å²) in [5, 5.41) is 0.899. The molecule has 0 radical (unpaired) electrons. The minimum atomic E-state index is -0.126. The van der Waals surface area contributed by atoms with Crippen LogP contribution in [-0.2, 0) is 10.8 Å². The molecule has 2 aromatic carbocycles. The van der Waals surface area contributed by atoms with Crippen molar-refractivity contribution in [3.05, 3.63) is 105 Å². The molecule has 0 bridgehead atoms. The number of anilines is 1. The summed E-state index contributed by atoms with van der Waals surface area (Å²) in [6, 6.07) is 12.9. The van der Waals surface area contributed by atoms with E-state index >= 15 is 0 Å². The quantitative estimate of drug-likeness (QED) is 0.331. The SMILES string of the molecule is CCC1=C(/C=C/C2=C(Cl)C(=C/C=C3\N(CC)c4ccc(OC)cc4C3(C)C)CCC2)C(C)(C)c2cc(OC)ccc21. The van der Waals surface area contributed by atoms with Gasteiger partial charge in [0.05, 0.1) is 14.2 Å². The number of rotatable bonds is 7. The highest BCUT2D eigenvalue weighted by molar-refractivity contribution is 6.32. The van der Waals surface area contributed by atoms with Gasteiger partial charge in [-0.2, -0.15) is 0 Å². The Morgan fingerprint density at radius 1 is 0.854 bits per heavy atom. The second-order valence-corrected chi connectivity index (χ2v) is 12.7. The highest BCUT2D eigenvalue weighted by Crippen LogP contribution is 2.50. The van der Waals surface area contributed by atoms with Crippen LogP contribution in [0.1, 0.15) is 83.9 Å². The zero-order valence-corrected chi connectivity index (χ0v) is 26.7. The van der Waals surface area contributed by atoms with Gasteiger partial charge in [-0.15, -0.1) is 0 Å². The molecule has 3 aliphatic rings. The molecule has 0 unspecified atom stereocenters. The van der Waals surface area contributed by atoms with Crippen molar-refractivity contribution in [1.29, 1.82) is 0 Å². The van der Waals surface area contributed by atoms with Crippen LogP contribution in [0.3, 0.4) is 0 Å². The fraction of sp³-hybridized carbons (Fsp3) is 0.405. The topological polar surface area (TPSA) is 21.7 Å². The number of ether oxygens (including phenoxy) is 2. The minimum Gasteiger partial charge on any atom is -0.497 e. The molecule has 3 nitrogen and oxygen atoms in total. The Balaban J connectivity index is 1.48. The molecule has 216 valence electrons. The molecular formula is C37H44ClNO2. The van der Waals surface area contributed by atoms with E-state index in [0.29, 0.717) is 0 Å². The predicted octanol–water partition coefficient (Wildman–Crippen LogP) is 10.0. The summed E-state index contributed by atoms with van der Waals surface area (Å²) in [6.45, 7) is 14.6. The Morgan fingerprint density at radius 2 is 1.54 bits per heavy atom. The van der Waals surface area contributed by atoms with Crippen molar-refractivity contribution < 1.29 is 9.47 Å². The Morgan fingerprint density at radius 3 is 2.20 bits per heavy atom. The average molecular weight is 570 g/mol. The van der Waals surface area contributed by atoms with Crippen molar-refractivity contribution in [3.63, 3.8) is 0 Å². The van der Waals surface area contributed by atoms with E-state index in [1.54, 1.807) is 14.2 Å². The highest BCUT2D eigenvalue weighted by atomic mass is 35.5. The number of nitrogens with zero attached hydrogens (tertiary/aromatic N) is 1. The standard InChI is InChI=1S/C37H44ClNO2/c1-9-28-29-18-16-26(40-7)22-31(29)36(3,4)30(28)19-14-24-12-11-13-25(35(24)38)15-21-34-37(5,6)32-23-27(41-8)17-20-33(32)39(34)10-2/h14-23H,9-13H2,1-8H3/b19-14+,25-15?,34-21-. The number of allylic oxidation sites excluding steroid dienone is 10. The van der Waals surface area contributed by atoms with Crippen LogP contribution in [0.4, 0.5) is 5.69 Å². The second kappa shape index (κ2) is 11.2. The van der Waals surface area contributed by atoms with Crippen LogP contribution in [-0.4, -0.2) is 20.8 Å². The van der Waals surface area contributed by atoms with Gasteiger partial charge in [-0.05, 0) is 108 Å². The zero-order valence-electron chi connectivity index (χ0n) is 26.0. The molecule has 0 N–H and O–H groups in total. The fourth-order valence-electron chi connectivity index (χ4n) is 6.98. The van der Waals surface area contributed by atoms with E-state index in [0.717, 1.165) is 48.8 Å². The van der Waals surface area contributed by atoms with Gasteiger partial charge in [0.1, 0.15) is 11.5 Å². The Bertz CT molecular complexity index is 1520. The van der Waals surface area contributed by atoms with Gasteiger partial charge >= 0.3 is 0 Å². The first-order valence-corrected chi connectivity index (χ1v) is 15.3. The van der Waals surface area contributed by atoms with Crippen molar-refractivity contribution >= 4 is 22.9 Å². The van der Waals surface area contributed by atoms with E-state index in [2.05, 4.69) is 107 Å². The molecule has 0 spiro atoms. The molecule has 0 fully saturated rings. The third-order valence-corrected chi connectivity index (χ3v) is 9.83. The summed E-state index contributed by atoms with van der Waals surface area (Å²) in [4.78, 5) is 2.42. The smallest absolute Gasteiger partial charge is 0.119 e. The largest absolute Gasteiger partial charge is 0.497 e. The molecule has 1 heterocycles. The third-order valence-electron chi connectivity index (χ3n) is 9.34. The molecule has 0 aromatic heterocycles. The number of hydrogen-bond acceptors (Lipinski definition) is 3. The molecule has 0 saturated carbocycles. The first kappa shape index (κ1) is 29.3. The van der Waals surface area contributed by atoms with E-state index in [-0.39, 0.29) is 10.8 Å². The van der Waals surface area contributed by atoms with E-state index in [1.165, 1.54) is 50.4 Å². The van der Waals surface area contributed by atoms with Gasteiger partial charge < -0.3 is 14.4 Å². The van der Waals surface area contributed by atoms with Crippen LogP contribution < -0.4 is 14.4 Å². The summed E-state index contributed by atoms with van der Waals surface area (Å²) in [6.07, 6.45) is 13.2. The molecule has 2 aliphatic carbocycles. The van der Waals surface area contributed by atoms with Gasteiger partial charge in [-0.25, -0.2) is 0 Å². The normalized spacial score (nSPS) is 21.3.